The number of anilines is 1. The van der Waals surface area contributed by atoms with E-state index >= 15 is 0 Å². The summed E-state index contributed by atoms with van der Waals surface area (Å²) >= 11 is 0. The number of benzene rings is 1. The molecule has 0 saturated heterocycles. The summed E-state index contributed by atoms with van der Waals surface area (Å²) in [6.07, 6.45) is 0.892. The van der Waals surface area contributed by atoms with Gasteiger partial charge in [-0.25, -0.2) is 8.78 Å². The highest BCUT2D eigenvalue weighted by atomic mass is 19.1. The minimum atomic E-state index is -0.707. The van der Waals surface area contributed by atoms with Gasteiger partial charge in [0.25, 0.3) is 0 Å². The fourth-order valence-electron chi connectivity index (χ4n) is 1.54. The number of hydrogen-bond donors (Lipinski definition) is 2. The zero-order valence-corrected chi connectivity index (χ0v) is 11.5. The summed E-state index contributed by atoms with van der Waals surface area (Å²) in [5.74, 6) is -1.04. The van der Waals surface area contributed by atoms with Crippen LogP contribution in [0.5, 0.6) is 0 Å². The van der Waals surface area contributed by atoms with Gasteiger partial charge in [-0.3, -0.25) is 4.79 Å². The van der Waals surface area contributed by atoms with E-state index in [1.54, 1.807) is 6.92 Å². The first kappa shape index (κ1) is 15.4. The van der Waals surface area contributed by atoms with Crippen molar-refractivity contribution < 1.29 is 13.6 Å². The second kappa shape index (κ2) is 7.07. The van der Waals surface area contributed by atoms with E-state index < -0.39 is 17.7 Å². The Labute approximate surface area is 112 Å². The summed E-state index contributed by atoms with van der Waals surface area (Å²) in [5, 5.41) is 5.49. The lowest BCUT2D eigenvalue weighted by molar-refractivity contribution is -0.121. The van der Waals surface area contributed by atoms with Crippen molar-refractivity contribution in [2.75, 3.05) is 11.9 Å². The maximum absolute atomic E-state index is 13.4. The van der Waals surface area contributed by atoms with Crippen LogP contribution >= 0.6 is 0 Å². The number of carbonyl (C=O) groups is 1. The Morgan fingerprint density at radius 2 is 1.95 bits per heavy atom. The van der Waals surface area contributed by atoms with Crippen LogP contribution in [0.15, 0.2) is 18.2 Å². The molecule has 5 heteroatoms. The fraction of sp³-hybridized carbons (Fsp3) is 0.500. The summed E-state index contributed by atoms with van der Waals surface area (Å²) in [6, 6.07) is 2.63. The molecule has 0 fully saturated rings. The summed E-state index contributed by atoms with van der Waals surface area (Å²) in [7, 11) is 0. The van der Waals surface area contributed by atoms with E-state index in [0.29, 0.717) is 12.5 Å². The van der Waals surface area contributed by atoms with Crippen molar-refractivity contribution in [1.82, 2.24) is 5.32 Å². The molecule has 1 amide bonds. The first-order valence-corrected chi connectivity index (χ1v) is 6.39. The minimum Gasteiger partial charge on any atom is -0.372 e. The molecule has 0 bridgehead atoms. The van der Waals surface area contributed by atoms with Crippen LogP contribution in [0.4, 0.5) is 14.5 Å². The normalized spacial score (nSPS) is 12.3. The molecular formula is C14H20F2N2O. The van der Waals surface area contributed by atoms with Gasteiger partial charge in [0.05, 0.1) is 5.69 Å². The third-order valence-corrected chi connectivity index (χ3v) is 2.72. The summed E-state index contributed by atoms with van der Waals surface area (Å²) in [5.41, 5.74) is 0.118. The number of rotatable bonds is 6. The topological polar surface area (TPSA) is 41.1 Å². The van der Waals surface area contributed by atoms with Crippen LogP contribution in [-0.4, -0.2) is 18.5 Å². The van der Waals surface area contributed by atoms with Crippen molar-refractivity contribution >= 4 is 11.6 Å². The lowest BCUT2D eigenvalue weighted by Crippen LogP contribution is -2.38. The third-order valence-electron chi connectivity index (χ3n) is 2.72. The van der Waals surface area contributed by atoms with E-state index in [0.717, 1.165) is 18.6 Å². The summed E-state index contributed by atoms with van der Waals surface area (Å²) in [4.78, 5) is 11.7. The van der Waals surface area contributed by atoms with Crippen molar-refractivity contribution in [3.63, 3.8) is 0 Å². The van der Waals surface area contributed by atoms with E-state index in [1.807, 2.05) is 0 Å². The van der Waals surface area contributed by atoms with Gasteiger partial charge < -0.3 is 10.6 Å². The molecule has 0 aliphatic carbocycles. The van der Waals surface area contributed by atoms with E-state index in [4.69, 9.17) is 0 Å². The van der Waals surface area contributed by atoms with Gasteiger partial charge in [-0.05, 0) is 31.4 Å². The Balaban J connectivity index is 2.49. The molecule has 0 heterocycles. The number of halogens is 2. The standard InChI is InChI=1S/C14H20F2N2O/c1-9(2)6-7-17-14(19)10(3)18-13-5-4-11(15)8-12(13)16/h4-5,8-10,18H,6-7H2,1-3H3,(H,17,19). The molecule has 106 valence electrons. The van der Waals surface area contributed by atoms with Crippen LogP contribution in [0.2, 0.25) is 0 Å². The van der Waals surface area contributed by atoms with Crippen molar-refractivity contribution in [1.29, 1.82) is 0 Å². The second-order valence-corrected chi connectivity index (χ2v) is 4.96. The predicted octanol–water partition coefficient (Wildman–Crippen LogP) is 2.93. The van der Waals surface area contributed by atoms with Crippen molar-refractivity contribution in [3.05, 3.63) is 29.8 Å². The maximum atomic E-state index is 13.4. The lowest BCUT2D eigenvalue weighted by atomic mass is 10.1. The summed E-state index contributed by atoms with van der Waals surface area (Å²) in [6.45, 7) is 6.37. The first-order valence-electron chi connectivity index (χ1n) is 6.39. The average molecular weight is 270 g/mol. The monoisotopic (exact) mass is 270 g/mol. The van der Waals surface area contributed by atoms with Crippen LogP contribution in [0.3, 0.4) is 0 Å². The van der Waals surface area contributed by atoms with Gasteiger partial charge in [0.2, 0.25) is 5.91 Å². The molecule has 1 aromatic rings. The zero-order valence-electron chi connectivity index (χ0n) is 11.5. The number of amides is 1. The molecule has 19 heavy (non-hydrogen) atoms. The molecular weight excluding hydrogens is 250 g/mol. The smallest absolute Gasteiger partial charge is 0.242 e. The van der Waals surface area contributed by atoms with E-state index in [-0.39, 0.29) is 11.6 Å². The van der Waals surface area contributed by atoms with Crippen LogP contribution in [0, 0.1) is 17.6 Å². The quantitative estimate of drug-likeness (QED) is 0.834. The van der Waals surface area contributed by atoms with Gasteiger partial charge >= 0.3 is 0 Å². The molecule has 3 nitrogen and oxygen atoms in total. The third kappa shape index (κ3) is 5.24. The largest absolute Gasteiger partial charge is 0.372 e. The Morgan fingerprint density at radius 1 is 1.26 bits per heavy atom. The average Bonchev–Trinajstić information content (AvgIpc) is 2.32. The molecule has 0 radical (unpaired) electrons. The minimum absolute atomic E-state index is 0.118. The highest BCUT2D eigenvalue weighted by molar-refractivity contribution is 5.84. The Hall–Kier alpha value is -1.65. The molecule has 1 atom stereocenters. The SMILES string of the molecule is CC(C)CCNC(=O)C(C)Nc1ccc(F)cc1F. The van der Waals surface area contributed by atoms with E-state index in [9.17, 15) is 13.6 Å². The van der Waals surface area contributed by atoms with Crippen LogP contribution in [0.1, 0.15) is 27.2 Å². The molecule has 0 aromatic heterocycles. The van der Waals surface area contributed by atoms with Gasteiger partial charge in [-0.1, -0.05) is 13.8 Å². The first-order chi connectivity index (χ1) is 8.90. The van der Waals surface area contributed by atoms with Crippen LogP contribution < -0.4 is 10.6 Å². The summed E-state index contributed by atoms with van der Waals surface area (Å²) < 4.78 is 26.1. The number of hydrogen-bond acceptors (Lipinski definition) is 2. The van der Waals surface area contributed by atoms with Gasteiger partial charge in [0.15, 0.2) is 0 Å². The number of carbonyl (C=O) groups excluding carboxylic acids is 1. The second-order valence-electron chi connectivity index (χ2n) is 4.96. The molecule has 0 aliphatic heterocycles. The van der Waals surface area contributed by atoms with Crippen molar-refractivity contribution in [2.24, 2.45) is 5.92 Å². The number of nitrogens with one attached hydrogen (secondary N) is 2. The Bertz CT molecular complexity index is 435. The molecule has 2 N–H and O–H groups in total. The lowest BCUT2D eigenvalue weighted by Gasteiger charge is -2.16. The molecule has 1 unspecified atom stereocenters. The molecule has 1 rings (SSSR count). The van der Waals surface area contributed by atoms with Crippen molar-refractivity contribution in [2.45, 2.75) is 33.2 Å². The fourth-order valence-corrected chi connectivity index (χ4v) is 1.54. The van der Waals surface area contributed by atoms with Crippen LogP contribution in [0.25, 0.3) is 0 Å². The molecule has 1 aromatic carbocycles. The van der Waals surface area contributed by atoms with Crippen molar-refractivity contribution in [3.8, 4) is 0 Å². The van der Waals surface area contributed by atoms with Gasteiger partial charge in [0, 0.05) is 12.6 Å². The van der Waals surface area contributed by atoms with Gasteiger partial charge in [-0.15, -0.1) is 0 Å². The molecule has 0 aliphatic rings. The van der Waals surface area contributed by atoms with Gasteiger partial charge in [-0.2, -0.15) is 0 Å². The maximum Gasteiger partial charge on any atom is 0.242 e. The van der Waals surface area contributed by atoms with E-state index in [1.165, 1.54) is 6.07 Å². The molecule has 0 spiro atoms. The van der Waals surface area contributed by atoms with E-state index in [2.05, 4.69) is 24.5 Å². The Kier molecular flexibility index (Phi) is 5.73. The highest BCUT2D eigenvalue weighted by Gasteiger charge is 2.14. The predicted molar refractivity (Wildman–Crippen MR) is 71.9 cm³/mol. The highest BCUT2D eigenvalue weighted by Crippen LogP contribution is 2.15. The van der Waals surface area contributed by atoms with Crippen LogP contribution in [-0.2, 0) is 4.79 Å². The molecule has 0 saturated carbocycles. The Morgan fingerprint density at radius 3 is 2.53 bits per heavy atom. The van der Waals surface area contributed by atoms with Gasteiger partial charge in [0.1, 0.15) is 17.7 Å². The zero-order chi connectivity index (χ0) is 14.4.